The SMILES string of the molecule is CC(=O)Nc1ccc(F)c(NCc2nnc3n(C)c(=O)c4ccccc4n23)c1. The molecule has 2 N–H and O–H groups in total. The van der Waals surface area contributed by atoms with Crippen molar-refractivity contribution in [2.75, 3.05) is 10.6 Å². The summed E-state index contributed by atoms with van der Waals surface area (Å²) < 4.78 is 17.3. The summed E-state index contributed by atoms with van der Waals surface area (Å²) >= 11 is 0. The number of amides is 1. The third kappa shape index (κ3) is 2.96. The lowest BCUT2D eigenvalue weighted by atomic mass is 10.2. The zero-order valence-electron chi connectivity index (χ0n) is 15.2. The number of aromatic nitrogens is 4. The number of aryl methyl sites for hydroxylation is 1. The van der Waals surface area contributed by atoms with Crippen LogP contribution in [0.1, 0.15) is 12.7 Å². The Morgan fingerprint density at radius 1 is 1.18 bits per heavy atom. The number of rotatable bonds is 4. The van der Waals surface area contributed by atoms with Crippen LogP contribution in [0.4, 0.5) is 15.8 Å². The maximum absolute atomic E-state index is 14.2. The van der Waals surface area contributed by atoms with Crippen molar-refractivity contribution in [3.05, 3.63) is 64.5 Å². The van der Waals surface area contributed by atoms with E-state index >= 15 is 0 Å². The van der Waals surface area contributed by atoms with E-state index in [9.17, 15) is 14.0 Å². The number of benzene rings is 2. The molecule has 0 unspecified atom stereocenters. The topological polar surface area (TPSA) is 93.3 Å². The fourth-order valence-corrected chi connectivity index (χ4v) is 3.12. The van der Waals surface area contributed by atoms with Gasteiger partial charge in [-0.2, -0.15) is 0 Å². The highest BCUT2D eigenvalue weighted by Crippen LogP contribution is 2.21. The van der Waals surface area contributed by atoms with Gasteiger partial charge in [-0.1, -0.05) is 12.1 Å². The quantitative estimate of drug-likeness (QED) is 0.567. The van der Waals surface area contributed by atoms with E-state index in [1.807, 2.05) is 12.1 Å². The molecule has 2 aromatic carbocycles. The van der Waals surface area contributed by atoms with Crippen LogP contribution < -0.4 is 16.2 Å². The van der Waals surface area contributed by atoms with Crippen molar-refractivity contribution in [1.82, 2.24) is 19.2 Å². The van der Waals surface area contributed by atoms with E-state index in [1.54, 1.807) is 23.6 Å². The predicted octanol–water partition coefficient (Wildman–Crippen LogP) is 2.29. The lowest BCUT2D eigenvalue weighted by Crippen LogP contribution is -2.20. The number of carbonyl (C=O) groups excluding carboxylic acids is 1. The highest BCUT2D eigenvalue weighted by Gasteiger charge is 2.15. The van der Waals surface area contributed by atoms with Gasteiger partial charge < -0.3 is 10.6 Å². The molecule has 2 aromatic heterocycles. The lowest BCUT2D eigenvalue weighted by Gasteiger charge is -2.11. The summed E-state index contributed by atoms with van der Waals surface area (Å²) in [4.78, 5) is 23.7. The Morgan fingerprint density at radius 3 is 2.75 bits per heavy atom. The van der Waals surface area contributed by atoms with Gasteiger partial charge in [-0.3, -0.25) is 18.6 Å². The van der Waals surface area contributed by atoms with Crippen molar-refractivity contribution < 1.29 is 9.18 Å². The molecule has 0 saturated carbocycles. The Labute approximate surface area is 158 Å². The number of halogens is 1. The van der Waals surface area contributed by atoms with Crippen LogP contribution in [0.3, 0.4) is 0 Å². The predicted molar refractivity (Wildman–Crippen MR) is 104 cm³/mol. The average Bonchev–Trinajstić information content (AvgIpc) is 3.10. The largest absolute Gasteiger partial charge is 0.375 e. The van der Waals surface area contributed by atoms with E-state index in [1.165, 1.54) is 29.7 Å². The third-order valence-electron chi connectivity index (χ3n) is 4.42. The van der Waals surface area contributed by atoms with E-state index in [-0.39, 0.29) is 23.7 Å². The van der Waals surface area contributed by atoms with Crippen LogP contribution in [0.2, 0.25) is 0 Å². The normalized spacial score (nSPS) is 11.1. The van der Waals surface area contributed by atoms with Gasteiger partial charge >= 0.3 is 0 Å². The molecule has 1 amide bonds. The lowest BCUT2D eigenvalue weighted by molar-refractivity contribution is -0.114. The molecule has 0 aliphatic heterocycles. The molecule has 0 saturated heterocycles. The summed E-state index contributed by atoms with van der Waals surface area (Å²) in [5.74, 6) is 0.215. The number of carbonyl (C=O) groups is 1. The molecule has 9 heteroatoms. The minimum Gasteiger partial charge on any atom is -0.375 e. The van der Waals surface area contributed by atoms with Gasteiger partial charge in [0.2, 0.25) is 11.7 Å². The zero-order valence-corrected chi connectivity index (χ0v) is 15.2. The molecule has 0 spiro atoms. The molecule has 0 fully saturated rings. The van der Waals surface area contributed by atoms with Crippen LogP contribution in [0.15, 0.2) is 47.3 Å². The number of nitrogens with one attached hydrogen (secondary N) is 2. The summed E-state index contributed by atoms with van der Waals surface area (Å²) in [6.07, 6.45) is 0. The van der Waals surface area contributed by atoms with Gasteiger partial charge in [0.15, 0.2) is 5.82 Å². The molecule has 28 heavy (non-hydrogen) atoms. The smallest absolute Gasteiger partial charge is 0.262 e. The van der Waals surface area contributed by atoms with Crippen LogP contribution >= 0.6 is 0 Å². The van der Waals surface area contributed by atoms with Crippen molar-refractivity contribution in [3.8, 4) is 0 Å². The minimum atomic E-state index is -0.458. The van der Waals surface area contributed by atoms with Crippen molar-refractivity contribution in [2.45, 2.75) is 13.5 Å². The molecular formula is C19H17FN6O2. The van der Waals surface area contributed by atoms with E-state index < -0.39 is 5.82 Å². The van der Waals surface area contributed by atoms with Crippen LogP contribution in [-0.2, 0) is 18.4 Å². The summed E-state index contributed by atoms with van der Waals surface area (Å²) in [7, 11) is 1.63. The Kier molecular flexibility index (Phi) is 4.26. The number of hydrogen-bond acceptors (Lipinski definition) is 5. The summed E-state index contributed by atoms with van der Waals surface area (Å²) in [6.45, 7) is 1.55. The van der Waals surface area contributed by atoms with Crippen molar-refractivity contribution in [1.29, 1.82) is 0 Å². The van der Waals surface area contributed by atoms with Crippen molar-refractivity contribution in [3.63, 3.8) is 0 Å². The number of para-hydroxylation sites is 1. The highest BCUT2D eigenvalue weighted by molar-refractivity contribution is 5.89. The maximum Gasteiger partial charge on any atom is 0.262 e. The van der Waals surface area contributed by atoms with E-state index in [2.05, 4.69) is 20.8 Å². The summed E-state index contributed by atoms with van der Waals surface area (Å²) in [5.41, 5.74) is 1.21. The Hall–Kier alpha value is -3.75. The van der Waals surface area contributed by atoms with Crippen LogP contribution in [0, 0.1) is 5.82 Å². The number of fused-ring (bicyclic) bond motifs is 3. The zero-order chi connectivity index (χ0) is 19.8. The molecule has 142 valence electrons. The molecule has 0 bridgehead atoms. The molecule has 0 atom stereocenters. The second-order valence-electron chi connectivity index (χ2n) is 6.36. The van der Waals surface area contributed by atoms with Gasteiger partial charge in [-0.05, 0) is 30.3 Å². The van der Waals surface area contributed by atoms with Gasteiger partial charge in [0.05, 0.1) is 23.1 Å². The molecule has 2 heterocycles. The average molecular weight is 380 g/mol. The maximum atomic E-state index is 14.2. The fourth-order valence-electron chi connectivity index (χ4n) is 3.12. The molecule has 8 nitrogen and oxygen atoms in total. The standard InChI is InChI=1S/C19H17FN6O2/c1-11(27)22-12-7-8-14(20)15(9-12)21-10-17-23-24-19-25(2)18(28)13-5-3-4-6-16(13)26(17)19/h3-9,21H,10H2,1-2H3,(H,22,27). The molecule has 4 rings (SSSR count). The van der Waals surface area contributed by atoms with E-state index in [4.69, 9.17) is 0 Å². The second kappa shape index (κ2) is 6.76. The number of anilines is 2. The number of hydrogen-bond donors (Lipinski definition) is 2. The molecule has 4 aromatic rings. The van der Waals surface area contributed by atoms with Crippen LogP contribution in [0.5, 0.6) is 0 Å². The van der Waals surface area contributed by atoms with Gasteiger partial charge in [-0.15, -0.1) is 10.2 Å². The van der Waals surface area contributed by atoms with Gasteiger partial charge in [0.1, 0.15) is 5.82 Å². The second-order valence-corrected chi connectivity index (χ2v) is 6.36. The fraction of sp³-hybridized carbons (Fsp3) is 0.158. The molecule has 0 aliphatic carbocycles. The monoisotopic (exact) mass is 380 g/mol. The first-order valence-corrected chi connectivity index (χ1v) is 8.58. The molecule has 0 aliphatic rings. The van der Waals surface area contributed by atoms with E-state index in [0.717, 1.165) is 0 Å². The third-order valence-corrected chi connectivity index (χ3v) is 4.42. The molecule has 0 radical (unpaired) electrons. The first kappa shape index (κ1) is 17.7. The van der Waals surface area contributed by atoms with Crippen molar-refractivity contribution >= 4 is 34.0 Å². The number of nitrogens with zero attached hydrogens (tertiary/aromatic N) is 4. The van der Waals surface area contributed by atoms with E-state index in [0.29, 0.717) is 28.2 Å². The highest BCUT2D eigenvalue weighted by atomic mass is 19.1. The minimum absolute atomic E-state index is 0.163. The Balaban J connectivity index is 1.74. The molecular weight excluding hydrogens is 363 g/mol. The van der Waals surface area contributed by atoms with Gasteiger partial charge in [-0.25, -0.2) is 4.39 Å². The summed E-state index contributed by atoms with van der Waals surface area (Å²) in [5, 5.41) is 14.4. The first-order chi connectivity index (χ1) is 13.5. The van der Waals surface area contributed by atoms with Gasteiger partial charge in [0.25, 0.3) is 5.56 Å². The van der Waals surface area contributed by atoms with Crippen LogP contribution in [-0.4, -0.2) is 25.1 Å². The van der Waals surface area contributed by atoms with Crippen LogP contribution in [0.25, 0.3) is 16.7 Å². The van der Waals surface area contributed by atoms with Gasteiger partial charge in [0, 0.05) is 19.7 Å². The van der Waals surface area contributed by atoms with Crippen molar-refractivity contribution in [2.24, 2.45) is 7.05 Å². The Bertz CT molecular complexity index is 1280. The Morgan fingerprint density at radius 2 is 1.96 bits per heavy atom. The first-order valence-electron chi connectivity index (χ1n) is 8.58. The summed E-state index contributed by atoms with van der Waals surface area (Å²) in [6, 6.07) is 11.4.